The molecule has 35 heavy (non-hydrogen) atoms. The monoisotopic (exact) mass is 479 g/mol. The molecular formula is C28H33NO6. The number of ketones is 1. The van der Waals surface area contributed by atoms with Gasteiger partial charge in [0.25, 0.3) is 0 Å². The number of ether oxygens (including phenoxy) is 3. The summed E-state index contributed by atoms with van der Waals surface area (Å²) in [6.45, 7) is 7.38. The third kappa shape index (κ3) is 6.96. The third-order valence-corrected chi connectivity index (χ3v) is 5.55. The number of hydrogen-bond acceptors (Lipinski definition) is 6. The van der Waals surface area contributed by atoms with Gasteiger partial charge in [-0.3, -0.25) is 4.79 Å². The van der Waals surface area contributed by atoms with E-state index in [0.29, 0.717) is 31.8 Å². The molecule has 186 valence electrons. The molecule has 0 aliphatic carbocycles. The molecule has 0 radical (unpaired) electrons. The molecule has 1 heterocycles. The lowest BCUT2D eigenvalue weighted by atomic mass is 9.91. The molecule has 0 bridgehead atoms. The second-order valence-electron chi connectivity index (χ2n) is 8.65. The maximum atomic E-state index is 12.6. The third-order valence-electron chi connectivity index (χ3n) is 5.55. The van der Waals surface area contributed by atoms with Crippen molar-refractivity contribution < 1.29 is 28.9 Å². The van der Waals surface area contributed by atoms with Crippen molar-refractivity contribution in [2.45, 2.75) is 39.7 Å². The number of allylic oxidation sites excluding steroid dienone is 2. The maximum absolute atomic E-state index is 12.6. The summed E-state index contributed by atoms with van der Waals surface area (Å²) >= 11 is 0. The minimum absolute atomic E-state index is 0.0775. The molecule has 7 heteroatoms. The van der Waals surface area contributed by atoms with E-state index in [0.717, 1.165) is 40.2 Å². The molecule has 0 amide bonds. The van der Waals surface area contributed by atoms with Gasteiger partial charge in [-0.15, -0.1) is 0 Å². The Morgan fingerprint density at radius 1 is 1.11 bits per heavy atom. The van der Waals surface area contributed by atoms with Crippen LogP contribution in [0.15, 0.2) is 54.2 Å². The molecule has 1 aliphatic heterocycles. The summed E-state index contributed by atoms with van der Waals surface area (Å²) in [5, 5.41) is 12.4. The summed E-state index contributed by atoms with van der Waals surface area (Å²) in [5.41, 5.74) is 4.14. The zero-order valence-corrected chi connectivity index (χ0v) is 20.7. The molecular weight excluding hydrogens is 446 g/mol. The molecule has 1 aliphatic rings. The van der Waals surface area contributed by atoms with Crippen molar-refractivity contribution in [2.24, 2.45) is 0 Å². The number of aliphatic carboxylic acids is 1. The van der Waals surface area contributed by atoms with Crippen LogP contribution in [-0.2, 0) is 20.7 Å². The summed E-state index contributed by atoms with van der Waals surface area (Å²) < 4.78 is 17.1. The molecule has 2 aromatic rings. The lowest BCUT2D eigenvalue weighted by Gasteiger charge is -2.19. The van der Waals surface area contributed by atoms with Crippen LogP contribution >= 0.6 is 0 Å². The van der Waals surface area contributed by atoms with Crippen LogP contribution in [-0.4, -0.2) is 49.8 Å². The number of nitrogens with one attached hydrogen (secondary N) is 1. The Hall–Kier alpha value is -3.58. The number of methoxy groups -OCH3 is 1. The van der Waals surface area contributed by atoms with E-state index >= 15 is 0 Å². The van der Waals surface area contributed by atoms with Gasteiger partial charge in [-0.1, -0.05) is 12.1 Å². The second-order valence-corrected chi connectivity index (χ2v) is 8.65. The van der Waals surface area contributed by atoms with E-state index in [1.165, 1.54) is 12.3 Å². The van der Waals surface area contributed by atoms with Gasteiger partial charge in [0.05, 0.1) is 12.7 Å². The smallest absolute Gasteiger partial charge is 0.341 e. The summed E-state index contributed by atoms with van der Waals surface area (Å²) in [7, 11) is 1.66. The predicted octanol–water partition coefficient (Wildman–Crippen LogP) is 4.64. The van der Waals surface area contributed by atoms with Gasteiger partial charge in [-0.25, -0.2) is 4.79 Å². The van der Waals surface area contributed by atoms with Crippen molar-refractivity contribution in [3.63, 3.8) is 0 Å². The second kappa shape index (κ2) is 12.2. The first-order valence-electron chi connectivity index (χ1n) is 11.8. The van der Waals surface area contributed by atoms with Crippen molar-refractivity contribution in [1.29, 1.82) is 0 Å². The van der Waals surface area contributed by atoms with Crippen molar-refractivity contribution >= 4 is 17.3 Å². The first-order chi connectivity index (χ1) is 16.8. The quantitative estimate of drug-likeness (QED) is 0.400. The number of carboxylic acids is 1. The average molecular weight is 480 g/mol. The van der Waals surface area contributed by atoms with E-state index in [-0.39, 0.29) is 11.7 Å². The summed E-state index contributed by atoms with van der Waals surface area (Å²) in [5.74, 6) is -0.273. The summed E-state index contributed by atoms with van der Waals surface area (Å²) in [4.78, 5) is 24.1. The van der Waals surface area contributed by atoms with Gasteiger partial charge < -0.3 is 24.6 Å². The van der Waals surface area contributed by atoms with Crippen molar-refractivity contribution in [1.82, 2.24) is 5.32 Å². The predicted molar refractivity (Wildman–Crippen MR) is 136 cm³/mol. The fourth-order valence-electron chi connectivity index (χ4n) is 3.88. The van der Waals surface area contributed by atoms with E-state index in [2.05, 4.69) is 5.32 Å². The zero-order valence-electron chi connectivity index (χ0n) is 20.7. The number of carbonyl (C=O) groups excluding carboxylic acids is 1. The fraction of sp³-hybridized carbons (Fsp3) is 0.357. The maximum Gasteiger partial charge on any atom is 0.341 e. The Kier molecular flexibility index (Phi) is 9.09. The van der Waals surface area contributed by atoms with Crippen molar-refractivity contribution in [3.8, 4) is 22.6 Å². The molecule has 2 N–H and O–H groups in total. The lowest BCUT2D eigenvalue weighted by Crippen LogP contribution is -2.19. The number of rotatable bonds is 9. The van der Waals surface area contributed by atoms with Gasteiger partial charge in [0, 0.05) is 38.4 Å². The highest BCUT2D eigenvalue weighted by Crippen LogP contribution is 2.37. The lowest BCUT2D eigenvalue weighted by molar-refractivity contribution is -0.134. The van der Waals surface area contributed by atoms with Crippen LogP contribution in [0.3, 0.4) is 0 Å². The summed E-state index contributed by atoms with van der Waals surface area (Å²) in [6.07, 6.45) is 4.12. The minimum atomic E-state index is -1.25. The van der Waals surface area contributed by atoms with Crippen LogP contribution in [0.25, 0.3) is 16.7 Å². The summed E-state index contributed by atoms with van der Waals surface area (Å²) in [6, 6.07) is 11.9. The number of benzene rings is 2. The highest BCUT2D eigenvalue weighted by Gasteiger charge is 2.19. The Morgan fingerprint density at radius 2 is 1.86 bits per heavy atom. The average Bonchev–Trinajstić information content (AvgIpc) is 2.81. The van der Waals surface area contributed by atoms with Gasteiger partial charge in [-0.2, -0.15) is 0 Å². The van der Waals surface area contributed by atoms with Crippen LogP contribution in [0, 0.1) is 0 Å². The molecule has 0 aromatic heterocycles. The van der Waals surface area contributed by atoms with Gasteiger partial charge in [-0.05, 0) is 79.8 Å². The number of fused-ring (bicyclic) bond motifs is 1. The normalized spacial score (nSPS) is 16.9. The molecule has 7 nitrogen and oxygen atoms in total. The van der Waals surface area contributed by atoms with Crippen LogP contribution in [0.5, 0.6) is 11.5 Å². The number of carboxylic acid groups (broad SMARTS) is 1. The molecule has 0 saturated carbocycles. The molecule has 0 unspecified atom stereocenters. The standard InChI is InChI=1S/C28H33NO6/c1-18(2)35-22-8-6-20(7-9-22)24-16-23-19(3)14-26(30)25(28(31)32)17-29-11-10-21(23)15-27(24)34-13-5-12-33-4/h6-9,14-18,29H,5,10-13H2,1-4H3,(H,31,32)/b19-14+,25-17+. The van der Waals surface area contributed by atoms with Gasteiger partial charge in [0.15, 0.2) is 5.78 Å². The van der Waals surface area contributed by atoms with Crippen LogP contribution in [0.1, 0.15) is 38.3 Å². The Morgan fingerprint density at radius 3 is 2.51 bits per heavy atom. The van der Waals surface area contributed by atoms with Crippen LogP contribution < -0.4 is 14.8 Å². The molecule has 0 spiro atoms. The van der Waals surface area contributed by atoms with Gasteiger partial charge in [0.2, 0.25) is 0 Å². The van der Waals surface area contributed by atoms with Crippen LogP contribution in [0.4, 0.5) is 0 Å². The first-order valence-corrected chi connectivity index (χ1v) is 11.8. The molecule has 0 fully saturated rings. The van der Waals surface area contributed by atoms with Gasteiger partial charge >= 0.3 is 5.97 Å². The SMILES string of the molecule is COCCCOc1cc2c(cc1-c1ccc(OC(C)C)cc1)/C(C)=C/C(=O)/C(C(=O)O)=C\NCC2. The van der Waals surface area contributed by atoms with E-state index in [1.807, 2.05) is 57.2 Å². The molecule has 2 aromatic carbocycles. The van der Waals surface area contributed by atoms with Gasteiger partial charge in [0.1, 0.15) is 17.1 Å². The molecule has 0 atom stereocenters. The first kappa shape index (κ1) is 26.0. The van der Waals surface area contributed by atoms with E-state index < -0.39 is 11.8 Å². The zero-order chi connectivity index (χ0) is 25.4. The highest BCUT2D eigenvalue weighted by molar-refractivity contribution is 6.22. The van der Waals surface area contributed by atoms with E-state index in [9.17, 15) is 14.7 Å². The molecule has 3 rings (SSSR count). The van der Waals surface area contributed by atoms with Crippen molar-refractivity contribution in [3.05, 3.63) is 65.4 Å². The van der Waals surface area contributed by atoms with E-state index in [4.69, 9.17) is 14.2 Å². The largest absolute Gasteiger partial charge is 0.493 e. The number of carbonyl (C=O) groups is 2. The Labute approximate surface area is 206 Å². The highest BCUT2D eigenvalue weighted by atomic mass is 16.5. The van der Waals surface area contributed by atoms with E-state index in [1.54, 1.807) is 7.11 Å². The Bertz CT molecular complexity index is 1120. The van der Waals surface area contributed by atoms with Crippen LogP contribution in [0.2, 0.25) is 0 Å². The van der Waals surface area contributed by atoms with Crippen molar-refractivity contribution in [2.75, 3.05) is 26.9 Å². The minimum Gasteiger partial charge on any atom is -0.493 e. The molecule has 0 saturated heterocycles. The number of hydrogen-bond donors (Lipinski definition) is 2. The topological polar surface area (TPSA) is 94.1 Å². The fourth-order valence-corrected chi connectivity index (χ4v) is 3.88. The Balaban J connectivity index is 2.07.